The van der Waals surface area contributed by atoms with Gasteiger partial charge in [0.05, 0.1) is 0 Å². The summed E-state index contributed by atoms with van der Waals surface area (Å²) >= 11 is 0. The molecule has 0 spiro atoms. The molecule has 1 amide bonds. The highest BCUT2D eigenvalue weighted by Gasteiger charge is 2.25. The van der Waals surface area contributed by atoms with Gasteiger partial charge in [-0.05, 0) is 50.5 Å². The van der Waals surface area contributed by atoms with Gasteiger partial charge in [0.25, 0.3) is 0 Å². The molecule has 0 radical (unpaired) electrons. The molecule has 0 bridgehead atoms. The number of nitrogens with zero attached hydrogens (tertiary/aromatic N) is 3. The number of ether oxygens (including phenoxy) is 1. The summed E-state index contributed by atoms with van der Waals surface area (Å²) in [7, 11) is 0. The summed E-state index contributed by atoms with van der Waals surface area (Å²) < 4.78 is 7.69. The third kappa shape index (κ3) is 4.35. The minimum Gasteiger partial charge on any atom is -0.381 e. The predicted molar refractivity (Wildman–Crippen MR) is 115 cm³/mol. The summed E-state index contributed by atoms with van der Waals surface area (Å²) in [6.45, 7) is 6.65. The Morgan fingerprint density at radius 3 is 2.66 bits per heavy atom. The van der Waals surface area contributed by atoms with Crippen LogP contribution in [0.5, 0.6) is 0 Å². The molecule has 0 unspecified atom stereocenters. The topological polar surface area (TPSA) is 47.4 Å². The third-order valence-electron chi connectivity index (χ3n) is 5.76. The van der Waals surface area contributed by atoms with Crippen LogP contribution in [0.15, 0.2) is 54.7 Å². The largest absolute Gasteiger partial charge is 0.381 e. The van der Waals surface area contributed by atoms with Crippen LogP contribution in [0.3, 0.4) is 0 Å². The van der Waals surface area contributed by atoms with Gasteiger partial charge in [-0.25, -0.2) is 4.98 Å². The Labute approximate surface area is 172 Å². The molecule has 0 saturated carbocycles. The number of carbonyl (C=O) groups is 1. The molecule has 5 nitrogen and oxygen atoms in total. The van der Waals surface area contributed by atoms with Crippen molar-refractivity contribution >= 4 is 16.9 Å². The van der Waals surface area contributed by atoms with Gasteiger partial charge in [-0.3, -0.25) is 4.79 Å². The molecule has 3 aromatic rings. The molecule has 0 atom stereocenters. The fourth-order valence-electron chi connectivity index (χ4n) is 4.17. The van der Waals surface area contributed by atoms with Gasteiger partial charge in [0, 0.05) is 49.0 Å². The van der Waals surface area contributed by atoms with E-state index in [1.165, 1.54) is 5.69 Å². The minimum atomic E-state index is 0.125. The Morgan fingerprint density at radius 1 is 1.17 bits per heavy atom. The Hall–Kier alpha value is -2.66. The van der Waals surface area contributed by atoms with E-state index in [1.54, 1.807) is 6.20 Å². The average Bonchev–Trinajstić information content (AvgIpc) is 3.11. The number of pyridine rings is 1. The predicted octanol–water partition coefficient (Wildman–Crippen LogP) is 4.37. The molecule has 0 N–H and O–H groups in total. The van der Waals surface area contributed by atoms with Crippen LogP contribution in [0.4, 0.5) is 0 Å². The number of rotatable bonds is 6. The molecule has 3 heterocycles. The van der Waals surface area contributed by atoms with E-state index < -0.39 is 0 Å². The second kappa shape index (κ2) is 8.78. The van der Waals surface area contributed by atoms with E-state index >= 15 is 0 Å². The van der Waals surface area contributed by atoms with Crippen molar-refractivity contribution in [3.8, 4) is 0 Å². The lowest BCUT2D eigenvalue weighted by molar-refractivity contribution is -0.134. The molecule has 1 aliphatic rings. The maximum atomic E-state index is 13.4. The van der Waals surface area contributed by atoms with Crippen molar-refractivity contribution in [2.45, 2.75) is 51.7 Å². The molecule has 1 aromatic carbocycles. The third-order valence-corrected chi connectivity index (χ3v) is 5.76. The Kier molecular flexibility index (Phi) is 5.95. The summed E-state index contributed by atoms with van der Waals surface area (Å²) in [5.74, 6) is 0.535. The van der Waals surface area contributed by atoms with Crippen LogP contribution in [0, 0.1) is 0 Å². The van der Waals surface area contributed by atoms with E-state index in [4.69, 9.17) is 4.74 Å². The number of amides is 1. The Bertz CT molecular complexity index is 959. The van der Waals surface area contributed by atoms with Crippen molar-refractivity contribution in [3.63, 3.8) is 0 Å². The summed E-state index contributed by atoms with van der Waals surface area (Å²) in [6.07, 6.45) is 3.78. The summed E-state index contributed by atoms with van der Waals surface area (Å²) in [5, 5.41) is 1.10. The van der Waals surface area contributed by atoms with Crippen molar-refractivity contribution in [2.75, 3.05) is 13.2 Å². The van der Waals surface area contributed by atoms with E-state index in [-0.39, 0.29) is 11.9 Å². The maximum Gasteiger partial charge on any atom is 0.243 e. The van der Waals surface area contributed by atoms with Gasteiger partial charge >= 0.3 is 0 Å². The van der Waals surface area contributed by atoms with Gasteiger partial charge in [-0.2, -0.15) is 0 Å². The molecule has 1 fully saturated rings. The number of hydrogen-bond acceptors (Lipinski definition) is 3. The van der Waals surface area contributed by atoms with Crippen LogP contribution in [0.25, 0.3) is 11.0 Å². The van der Waals surface area contributed by atoms with Crippen LogP contribution >= 0.6 is 0 Å². The molecule has 4 rings (SSSR count). The number of benzene rings is 1. The molecular weight excluding hydrogens is 362 g/mol. The number of aromatic nitrogens is 2. The lowest BCUT2D eigenvalue weighted by Crippen LogP contribution is -2.39. The van der Waals surface area contributed by atoms with Gasteiger partial charge in [0.2, 0.25) is 5.91 Å². The first kappa shape index (κ1) is 19.6. The minimum absolute atomic E-state index is 0.125. The summed E-state index contributed by atoms with van der Waals surface area (Å²) in [5.41, 5.74) is 3.25. The SMILES string of the molecule is CC(C)N(Cc1ccccc1)C(=O)Cn1c(C2CCOCC2)cc2cccnc21. The average molecular weight is 392 g/mol. The fourth-order valence-corrected chi connectivity index (χ4v) is 4.17. The molecule has 2 aromatic heterocycles. The first-order valence-electron chi connectivity index (χ1n) is 10.5. The van der Waals surface area contributed by atoms with Crippen molar-refractivity contribution < 1.29 is 9.53 Å². The molecule has 1 aliphatic heterocycles. The zero-order valence-electron chi connectivity index (χ0n) is 17.3. The molecular formula is C24H29N3O2. The highest BCUT2D eigenvalue weighted by Crippen LogP contribution is 2.31. The number of fused-ring (bicyclic) bond motifs is 1. The zero-order chi connectivity index (χ0) is 20.2. The van der Waals surface area contributed by atoms with Crippen LogP contribution in [0.2, 0.25) is 0 Å². The van der Waals surface area contributed by atoms with E-state index in [0.29, 0.717) is 19.0 Å². The highest BCUT2D eigenvalue weighted by molar-refractivity contribution is 5.82. The van der Waals surface area contributed by atoms with Gasteiger partial charge in [-0.1, -0.05) is 30.3 Å². The van der Waals surface area contributed by atoms with Crippen LogP contribution in [0.1, 0.15) is 43.9 Å². The number of hydrogen-bond donors (Lipinski definition) is 0. The maximum absolute atomic E-state index is 13.4. The smallest absolute Gasteiger partial charge is 0.243 e. The monoisotopic (exact) mass is 391 g/mol. The summed E-state index contributed by atoms with van der Waals surface area (Å²) in [6, 6.07) is 16.6. The zero-order valence-corrected chi connectivity index (χ0v) is 17.3. The molecule has 29 heavy (non-hydrogen) atoms. The lowest BCUT2D eigenvalue weighted by Gasteiger charge is -2.29. The van der Waals surface area contributed by atoms with Crippen molar-refractivity contribution in [1.29, 1.82) is 0 Å². The van der Waals surface area contributed by atoms with E-state index in [9.17, 15) is 4.79 Å². The Morgan fingerprint density at radius 2 is 1.93 bits per heavy atom. The summed E-state index contributed by atoms with van der Waals surface area (Å²) in [4.78, 5) is 19.9. The molecule has 1 saturated heterocycles. The molecule has 0 aliphatic carbocycles. The first-order valence-corrected chi connectivity index (χ1v) is 10.5. The van der Waals surface area contributed by atoms with Crippen LogP contribution in [-0.4, -0.2) is 39.6 Å². The van der Waals surface area contributed by atoms with Gasteiger partial charge in [0.15, 0.2) is 0 Å². The highest BCUT2D eigenvalue weighted by atomic mass is 16.5. The van der Waals surface area contributed by atoms with Crippen molar-refractivity contribution in [2.24, 2.45) is 0 Å². The van der Waals surface area contributed by atoms with Gasteiger partial charge < -0.3 is 14.2 Å². The molecule has 5 heteroatoms. The fraction of sp³-hybridized carbons (Fsp3) is 0.417. The van der Waals surface area contributed by atoms with Crippen molar-refractivity contribution in [3.05, 3.63) is 66.0 Å². The van der Waals surface area contributed by atoms with Gasteiger partial charge in [0.1, 0.15) is 12.2 Å². The quantitative estimate of drug-likeness (QED) is 0.627. The second-order valence-electron chi connectivity index (χ2n) is 8.06. The first-order chi connectivity index (χ1) is 14.1. The van der Waals surface area contributed by atoms with E-state index in [1.807, 2.05) is 29.2 Å². The normalized spacial score (nSPS) is 15.1. The van der Waals surface area contributed by atoms with E-state index in [0.717, 1.165) is 42.7 Å². The second-order valence-corrected chi connectivity index (χ2v) is 8.06. The van der Waals surface area contributed by atoms with E-state index in [2.05, 4.69) is 47.7 Å². The van der Waals surface area contributed by atoms with Gasteiger partial charge in [-0.15, -0.1) is 0 Å². The number of carbonyl (C=O) groups excluding carboxylic acids is 1. The lowest BCUT2D eigenvalue weighted by atomic mass is 9.96. The molecule has 152 valence electrons. The van der Waals surface area contributed by atoms with Crippen molar-refractivity contribution in [1.82, 2.24) is 14.5 Å². The Balaban J connectivity index is 1.63. The standard InChI is InChI=1S/C24H29N3O2/c1-18(2)26(16-19-7-4-3-5-8-19)23(28)17-27-22(20-10-13-29-14-11-20)15-21-9-6-12-25-24(21)27/h3-9,12,15,18,20H,10-11,13-14,16-17H2,1-2H3. The van der Waals surface area contributed by atoms with Crippen LogP contribution < -0.4 is 0 Å². The van der Waals surface area contributed by atoms with Crippen LogP contribution in [-0.2, 0) is 22.6 Å².